The van der Waals surface area contributed by atoms with E-state index in [2.05, 4.69) is 15.3 Å². The fourth-order valence-electron chi connectivity index (χ4n) is 3.03. The maximum atomic E-state index is 12.9. The summed E-state index contributed by atoms with van der Waals surface area (Å²) >= 11 is 1.59. The smallest absolute Gasteiger partial charge is 0.347 e. The van der Waals surface area contributed by atoms with Gasteiger partial charge in [0.2, 0.25) is 11.7 Å². The first-order valence-electron chi connectivity index (χ1n) is 9.13. The van der Waals surface area contributed by atoms with Gasteiger partial charge in [-0.3, -0.25) is 4.79 Å². The van der Waals surface area contributed by atoms with Gasteiger partial charge in [-0.2, -0.15) is 0 Å². The van der Waals surface area contributed by atoms with Crippen LogP contribution in [0, 0.1) is 6.92 Å². The standard InChI is InChI=1S/C21H19N3O4S/c1-3-27-21(26)17-18(25)15(9-13-10-23-19-14(13)5-4-7-22-19)28-20(17)24-11-16-12(2)6-8-29-16/h4-10,24H,3,11H2,1-2H3,(H,22,23)/b15-9-. The minimum absolute atomic E-state index is 0.0585. The molecule has 8 heteroatoms. The molecule has 2 N–H and O–H groups in total. The molecule has 0 aromatic carbocycles. The fourth-order valence-corrected chi connectivity index (χ4v) is 3.87. The lowest BCUT2D eigenvalue weighted by molar-refractivity contribution is -0.139. The zero-order valence-electron chi connectivity index (χ0n) is 15.9. The topological polar surface area (TPSA) is 93.3 Å². The molecule has 0 saturated heterocycles. The summed E-state index contributed by atoms with van der Waals surface area (Å²) in [5.74, 6) is -1.03. The number of nitrogens with one attached hydrogen (secondary N) is 2. The van der Waals surface area contributed by atoms with Gasteiger partial charge in [-0.05, 0) is 49.1 Å². The van der Waals surface area contributed by atoms with Crippen LogP contribution < -0.4 is 5.32 Å². The molecule has 0 fully saturated rings. The number of aromatic nitrogens is 2. The van der Waals surface area contributed by atoms with Crippen LogP contribution in [0.3, 0.4) is 0 Å². The highest BCUT2D eigenvalue weighted by atomic mass is 32.1. The number of ether oxygens (including phenoxy) is 2. The number of nitrogens with zero attached hydrogens (tertiary/aromatic N) is 1. The number of ketones is 1. The highest BCUT2D eigenvalue weighted by Gasteiger charge is 2.37. The summed E-state index contributed by atoms with van der Waals surface area (Å²) in [5, 5.41) is 5.92. The molecule has 1 aliphatic heterocycles. The number of thiophene rings is 1. The molecule has 0 radical (unpaired) electrons. The van der Waals surface area contributed by atoms with Crippen LogP contribution in [-0.4, -0.2) is 28.3 Å². The van der Waals surface area contributed by atoms with Gasteiger partial charge in [0.05, 0.1) is 13.2 Å². The quantitative estimate of drug-likeness (QED) is 0.368. The van der Waals surface area contributed by atoms with Crippen molar-refractivity contribution >= 4 is 40.2 Å². The fraction of sp³-hybridized carbons (Fsp3) is 0.190. The van der Waals surface area contributed by atoms with Crippen LogP contribution in [-0.2, 0) is 25.6 Å². The first kappa shape index (κ1) is 18.9. The number of aryl methyl sites for hydroxylation is 1. The third kappa shape index (κ3) is 3.66. The SMILES string of the molecule is CCOC(=O)C1=C(NCc2sccc2C)O/C(=C\c2c[nH]c3ncccc23)C1=O. The summed E-state index contributed by atoms with van der Waals surface area (Å²) in [4.78, 5) is 33.7. The largest absolute Gasteiger partial charge is 0.462 e. The second kappa shape index (κ2) is 7.92. The molecule has 3 aromatic rings. The number of pyridine rings is 1. The van der Waals surface area contributed by atoms with Crippen LogP contribution in [0.1, 0.15) is 22.9 Å². The van der Waals surface area contributed by atoms with E-state index in [1.165, 1.54) is 0 Å². The van der Waals surface area contributed by atoms with Crippen LogP contribution in [0.15, 0.2) is 53.2 Å². The lowest BCUT2D eigenvalue weighted by Crippen LogP contribution is -2.19. The lowest BCUT2D eigenvalue weighted by atomic mass is 10.1. The molecule has 0 atom stereocenters. The Bertz CT molecular complexity index is 1160. The van der Waals surface area contributed by atoms with E-state index in [1.54, 1.807) is 36.7 Å². The third-order valence-electron chi connectivity index (χ3n) is 4.52. The number of fused-ring (bicyclic) bond motifs is 1. The van der Waals surface area contributed by atoms with Crippen LogP contribution in [0.5, 0.6) is 0 Å². The van der Waals surface area contributed by atoms with Crippen molar-refractivity contribution in [2.24, 2.45) is 0 Å². The number of hydrogen-bond donors (Lipinski definition) is 2. The Morgan fingerprint density at radius 1 is 1.41 bits per heavy atom. The van der Waals surface area contributed by atoms with E-state index in [0.717, 1.165) is 21.4 Å². The van der Waals surface area contributed by atoms with Crippen molar-refractivity contribution < 1.29 is 19.1 Å². The summed E-state index contributed by atoms with van der Waals surface area (Å²) in [5.41, 5.74) is 2.46. The van der Waals surface area contributed by atoms with E-state index in [9.17, 15) is 9.59 Å². The molecule has 4 heterocycles. The molecule has 0 spiro atoms. The number of rotatable bonds is 6. The highest BCUT2D eigenvalue weighted by molar-refractivity contribution is 7.10. The summed E-state index contributed by atoms with van der Waals surface area (Å²) < 4.78 is 10.8. The monoisotopic (exact) mass is 409 g/mol. The maximum absolute atomic E-state index is 12.9. The third-order valence-corrected chi connectivity index (χ3v) is 5.54. The normalized spacial score (nSPS) is 15.2. The lowest BCUT2D eigenvalue weighted by Gasteiger charge is -2.08. The Balaban J connectivity index is 1.64. The first-order chi connectivity index (χ1) is 14.1. The van der Waals surface area contributed by atoms with Gasteiger partial charge in [-0.15, -0.1) is 11.3 Å². The Kier molecular flexibility index (Phi) is 5.18. The van der Waals surface area contributed by atoms with E-state index in [-0.39, 0.29) is 23.8 Å². The van der Waals surface area contributed by atoms with Crippen molar-refractivity contribution in [3.63, 3.8) is 0 Å². The molecule has 7 nitrogen and oxygen atoms in total. The predicted octanol–water partition coefficient (Wildman–Crippen LogP) is 3.44. The Morgan fingerprint density at radius 2 is 2.28 bits per heavy atom. The Labute approximate surface area is 171 Å². The van der Waals surface area contributed by atoms with Crippen LogP contribution in [0.2, 0.25) is 0 Å². The van der Waals surface area contributed by atoms with Gasteiger partial charge < -0.3 is 19.8 Å². The average Bonchev–Trinajstić information content (AvgIpc) is 3.39. The summed E-state index contributed by atoms with van der Waals surface area (Å²) in [6.07, 6.45) is 5.03. The number of esters is 1. The number of Topliss-reactive ketones (excluding diaryl/α,β-unsaturated/α-hetero) is 1. The van der Waals surface area contributed by atoms with Crippen molar-refractivity contribution in [2.45, 2.75) is 20.4 Å². The summed E-state index contributed by atoms with van der Waals surface area (Å²) in [6.45, 7) is 4.31. The number of carbonyl (C=O) groups is 2. The average molecular weight is 409 g/mol. The molecule has 4 rings (SSSR count). The Hall–Kier alpha value is -3.39. The van der Waals surface area contributed by atoms with E-state index >= 15 is 0 Å². The molecule has 29 heavy (non-hydrogen) atoms. The number of aromatic amines is 1. The zero-order valence-corrected chi connectivity index (χ0v) is 16.8. The predicted molar refractivity (Wildman–Crippen MR) is 110 cm³/mol. The van der Waals surface area contributed by atoms with Gasteiger partial charge in [0, 0.05) is 28.2 Å². The van der Waals surface area contributed by atoms with Crippen molar-refractivity contribution in [3.8, 4) is 0 Å². The first-order valence-corrected chi connectivity index (χ1v) is 10.0. The van der Waals surface area contributed by atoms with Gasteiger partial charge in [0.15, 0.2) is 11.3 Å². The van der Waals surface area contributed by atoms with Crippen molar-refractivity contribution in [3.05, 3.63) is 69.2 Å². The minimum Gasteiger partial charge on any atom is -0.462 e. The summed E-state index contributed by atoms with van der Waals surface area (Å²) in [7, 11) is 0. The minimum atomic E-state index is -0.702. The van der Waals surface area contributed by atoms with E-state index in [0.29, 0.717) is 12.2 Å². The number of H-pyrrole nitrogens is 1. The van der Waals surface area contributed by atoms with Crippen LogP contribution >= 0.6 is 11.3 Å². The van der Waals surface area contributed by atoms with Gasteiger partial charge in [0.1, 0.15) is 5.65 Å². The molecule has 0 amide bonds. The molecular formula is C21H19N3O4S. The second-order valence-corrected chi connectivity index (χ2v) is 7.39. The van der Waals surface area contributed by atoms with Gasteiger partial charge in [0.25, 0.3) is 0 Å². The molecule has 0 aliphatic carbocycles. The van der Waals surface area contributed by atoms with Gasteiger partial charge in [-0.1, -0.05) is 0 Å². The molecule has 148 valence electrons. The van der Waals surface area contributed by atoms with Gasteiger partial charge in [-0.25, -0.2) is 9.78 Å². The Morgan fingerprint density at radius 3 is 3.03 bits per heavy atom. The number of carbonyl (C=O) groups excluding carboxylic acids is 2. The molecule has 0 unspecified atom stereocenters. The number of hydrogen-bond acceptors (Lipinski definition) is 7. The van der Waals surface area contributed by atoms with Crippen molar-refractivity contribution in [2.75, 3.05) is 6.61 Å². The maximum Gasteiger partial charge on any atom is 0.347 e. The second-order valence-electron chi connectivity index (χ2n) is 6.39. The molecule has 1 aliphatic rings. The van der Waals surface area contributed by atoms with Gasteiger partial charge >= 0.3 is 5.97 Å². The van der Waals surface area contributed by atoms with Crippen LogP contribution in [0.25, 0.3) is 17.1 Å². The van der Waals surface area contributed by atoms with Crippen molar-refractivity contribution in [1.82, 2.24) is 15.3 Å². The van der Waals surface area contributed by atoms with E-state index < -0.39 is 11.8 Å². The van der Waals surface area contributed by atoms with Crippen molar-refractivity contribution in [1.29, 1.82) is 0 Å². The number of allylic oxidation sites excluding steroid dienone is 1. The molecule has 0 saturated carbocycles. The van der Waals surface area contributed by atoms with E-state index in [4.69, 9.17) is 9.47 Å². The highest BCUT2D eigenvalue weighted by Crippen LogP contribution is 2.28. The molecular weight excluding hydrogens is 390 g/mol. The summed E-state index contributed by atoms with van der Waals surface area (Å²) in [6, 6.07) is 5.72. The zero-order chi connectivity index (χ0) is 20.4. The molecule has 0 bridgehead atoms. The van der Waals surface area contributed by atoms with E-state index in [1.807, 2.05) is 30.5 Å². The van der Waals surface area contributed by atoms with Crippen LogP contribution in [0.4, 0.5) is 0 Å². The molecule has 3 aromatic heterocycles.